The zero-order valence-corrected chi connectivity index (χ0v) is 30.2. The number of amides is 1. The minimum absolute atomic E-state index is 0.106. The van der Waals surface area contributed by atoms with Crippen LogP contribution in [-0.2, 0) is 26.2 Å². The molecule has 1 aromatic heterocycles. The average Bonchev–Trinajstić information content (AvgIpc) is 3.54. The monoisotopic (exact) mass is 647 g/mol. The molecule has 258 valence electrons. The van der Waals surface area contributed by atoms with Crippen molar-refractivity contribution < 1.29 is 23.9 Å². The first-order chi connectivity index (χ1) is 21.9. The van der Waals surface area contributed by atoms with E-state index in [-0.39, 0.29) is 58.3 Å². The van der Waals surface area contributed by atoms with Crippen LogP contribution in [0.4, 0.5) is 0 Å². The lowest BCUT2D eigenvalue weighted by molar-refractivity contribution is -0.213. The lowest BCUT2D eigenvalue weighted by Crippen LogP contribution is -2.64. The van der Waals surface area contributed by atoms with Gasteiger partial charge in [0.15, 0.2) is 5.78 Å². The highest BCUT2D eigenvalue weighted by atomic mass is 16.5. The molecule has 8 atom stereocenters. The van der Waals surface area contributed by atoms with Crippen molar-refractivity contribution in [1.29, 1.82) is 0 Å². The Morgan fingerprint density at radius 1 is 1.04 bits per heavy atom. The van der Waals surface area contributed by atoms with Gasteiger partial charge >= 0.3 is 5.97 Å². The van der Waals surface area contributed by atoms with E-state index in [1.165, 1.54) is 5.57 Å². The van der Waals surface area contributed by atoms with Crippen LogP contribution in [0.3, 0.4) is 0 Å². The number of Topliss-reactive ketones (excluding diaryl/α,β-unsaturated/α-hetero) is 1. The number of aromatic nitrogens is 2. The molecule has 0 aliphatic heterocycles. The van der Waals surface area contributed by atoms with Crippen molar-refractivity contribution in [2.75, 3.05) is 0 Å². The largest absolute Gasteiger partial charge is 0.462 e. The van der Waals surface area contributed by atoms with Gasteiger partial charge in [0, 0.05) is 30.5 Å². The number of carbonyl (C=O) groups excluding carboxylic acids is 4. The number of hydrogen-bond donors (Lipinski definition) is 1. The Bertz CT molecular complexity index is 1500. The molecule has 6 rings (SSSR count). The molecule has 4 saturated carbocycles. The molecule has 0 radical (unpaired) electrons. The number of ether oxygens (including phenoxy) is 1. The van der Waals surface area contributed by atoms with Gasteiger partial charge in [-0.25, -0.2) is 0 Å². The second-order valence-electron chi connectivity index (χ2n) is 18.1. The summed E-state index contributed by atoms with van der Waals surface area (Å²) in [7, 11) is 1.81. The maximum atomic E-state index is 13.8. The molecule has 0 bridgehead atoms. The van der Waals surface area contributed by atoms with Crippen LogP contribution in [0.15, 0.2) is 23.4 Å². The summed E-state index contributed by atoms with van der Waals surface area (Å²) < 4.78 is 7.82. The molecule has 1 aromatic rings. The number of nitrogens with one attached hydrogen (secondary N) is 1. The fourth-order valence-electron chi connectivity index (χ4n) is 12.1. The molecule has 4 fully saturated rings. The van der Waals surface area contributed by atoms with Crippen LogP contribution in [0.25, 0.3) is 0 Å². The van der Waals surface area contributed by atoms with E-state index in [4.69, 9.17) is 4.74 Å². The van der Waals surface area contributed by atoms with Crippen LogP contribution in [0.5, 0.6) is 0 Å². The molecular formula is C39H57N3O5. The Labute approximate surface area is 281 Å². The fraction of sp³-hybridized carbons (Fsp3) is 0.769. The lowest BCUT2D eigenvalue weighted by atomic mass is 9.37. The summed E-state index contributed by atoms with van der Waals surface area (Å²) in [5, 5.41) is 7.77. The molecule has 1 amide bonds. The topological polar surface area (TPSA) is 107 Å². The van der Waals surface area contributed by atoms with Gasteiger partial charge in [0.1, 0.15) is 18.1 Å². The second kappa shape index (κ2) is 11.4. The maximum absolute atomic E-state index is 13.8. The van der Waals surface area contributed by atoms with Gasteiger partial charge in [0.05, 0.1) is 12.0 Å². The number of fused-ring (bicyclic) bond motifs is 7. The summed E-state index contributed by atoms with van der Waals surface area (Å²) in [6.45, 7) is 17.5. The quantitative estimate of drug-likeness (QED) is 0.252. The molecule has 47 heavy (non-hydrogen) atoms. The summed E-state index contributed by atoms with van der Waals surface area (Å²) in [6.07, 6.45) is 10.9. The molecule has 8 unspecified atom stereocenters. The van der Waals surface area contributed by atoms with Crippen LogP contribution in [0.2, 0.25) is 0 Å². The van der Waals surface area contributed by atoms with Gasteiger partial charge in [-0.1, -0.05) is 55.4 Å². The lowest BCUT2D eigenvalue weighted by Gasteiger charge is -2.68. The van der Waals surface area contributed by atoms with E-state index < -0.39 is 11.0 Å². The average molecular weight is 648 g/mol. The van der Waals surface area contributed by atoms with Crippen molar-refractivity contribution in [3.8, 4) is 0 Å². The molecule has 5 aliphatic rings. The van der Waals surface area contributed by atoms with Crippen molar-refractivity contribution >= 4 is 23.9 Å². The zero-order valence-electron chi connectivity index (χ0n) is 30.2. The predicted octanol–water partition coefficient (Wildman–Crippen LogP) is 7.02. The molecule has 8 nitrogen and oxygen atoms in total. The summed E-state index contributed by atoms with van der Waals surface area (Å²) >= 11 is 0. The SMILES string of the molecule is CC(C)C1=C2C3CCC4C(C)(CCC5C(C)(C)C(OC(=O)CC(C)(C)C=O)CCC54C)C3CCC2(NC(=O)c2ccn(C)n2)CC1=O. The van der Waals surface area contributed by atoms with E-state index in [0.717, 1.165) is 63.2 Å². The van der Waals surface area contributed by atoms with E-state index in [9.17, 15) is 19.2 Å². The van der Waals surface area contributed by atoms with Crippen LogP contribution in [0, 0.1) is 51.2 Å². The molecule has 0 aromatic carbocycles. The summed E-state index contributed by atoms with van der Waals surface area (Å²) in [6, 6.07) is 1.75. The Morgan fingerprint density at radius 3 is 2.38 bits per heavy atom. The number of esters is 1. The second-order valence-corrected chi connectivity index (χ2v) is 18.1. The van der Waals surface area contributed by atoms with Gasteiger partial charge in [-0.2, -0.15) is 5.10 Å². The summed E-state index contributed by atoms with van der Waals surface area (Å²) in [5.41, 5.74) is 1.32. The van der Waals surface area contributed by atoms with Crippen molar-refractivity contribution in [3.63, 3.8) is 0 Å². The van der Waals surface area contributed by atoms with Crippen LogP contribution < -0.4 is 5.32 Å². The van der Waals surface area contributed by atoms with Gasteiger partial charge in [0.25, 0.3) is 5.91 Å². The number of allylic oxidation sites excluding steroid dienone is 1. The highest BCUT2D eigenvalue weighted by Gasteiger charge is 2.67. The van der Waals surface area contributed by atoms with Gasteiger partial charge in [0.2, 0.25) is 0 Å². The Balaban J connectivity index is 1.28. The van der Waals surface area contributed by atoms with Crippen LogP contribution in [-0.4, -0.2) is 45.4 Å². The number of aldehydes is 1. The van der Waals surface area contributed by atoms with Crippen molar-refractivity contribution in [2.45, 2.75) is 131 Å². The third-order valence-electron chi connectivity index (χ3n) is 14.0. The van der Waals surface area contributed by atoms with Crippen LogP contribution in [0.1, 0.15) is 130 Å². The minimum atomic E-state index is -0.719. The third-order valence-corrected chi connectivity index (χ3v) is 14.0. The van der Waals surface area contributed by atoms with Gasteiger partial charge in [-0.15, -0.1) is 0 Å². The minimum Gasteiger partial charge on any atom is -0.462 e. The van der Waals surface area contributed by atoms with Gasteiger partial charge in [-0.05, 0) is 109 Å². The standard InChI is InChI=1S/C39H57N3O5/c1-23(2)32-27(44)20-39(40-34(46)26-15-19-42(9)41-26)18-12-25-24(33(32)39)10-11-29-37(25,7)16-13-28-36(5,6)30(14-17-38(28,29)8)47-31(45)21-35(3,4)22-43/h15,19,22-25,28-30H,10-14,16-18,20-21H2,1-9H3,(H,40,46). The fourth-order valence-corrected chi connectivity index (χ4v) is 12.1. The Hall–Kier alpha value is -2.77. The first-order valence-electron chi connectivity index (χ1n) is 18.1. The smallest absolute Gasteiger partial charge is 0.307 e. The molecule has 0 saturated heterocycles. The van der Waals surface area contributed by atoms with Gasteiger partial charge in [-0.3, -0.25) is 19.1 Å². The van der Waals surface area contributed by atoms with E-state index in [1.807, 2.05) is 7.05 Å². The highest BCUT2D eigenvalue weighted by Crippen LogP contribution is 2.72. The molecule has 0 spiro atoms. The summed E-state index contributed by atoms with van der Waals surface area (Å²) in [5.74, 6) is 1.55. The number of ketones is 1. The maximum Gasteiger partial charge on any atom is 0.307 e. The zero-order chi connectivity index (χ0) is 34.3. The number of nitrogens with zero attached hydrogens (tertiary/aromatic N) is 2. The van der Waals surface area contributed by atoms with E-state index in [1.54, 1.807) is 30.8 Å². The first-order valence-corrected chi connectivity index (χ1v) is 18.1. The number of rotatable bonds is 7. The predicted molar refractivity (Wildman–Crippen MR) is 180 cm³/mol. The Morgan fingerprint density at radius 2 is 1.74 bits per heavy atom. The molecule has 5 aliphatic carbocycles. The van der Waals surface area contributed by atoms with E-state index in [2.05, 4.69) is 52.0 Å². The van der Waals surface area contributed by atoms with Gasteiger partial charge < -0.3 is 14.8 Å². The molecule has 1 heterocycles. The Kier molecular flexibility index (Phi) is 8.27. The van der Waals surface area contributed by atoms with Crippen LogP contribution >= 0.6 is 0 Å². The van der Waals surface area contributed by atoms with Crippen molar-refractivity contribution in [1.82, 2.24) is 15.1 Å². The van der Waals surface area contributed by atoms with E-state index in [0.29, 0.717) is 29.9 Å². The number of hydrogen-bond acceptors (Lipinski definition) is 6. The number of carbonyl (C=O) groups is 4. The van der Waals surface area contributed by atoms with Crippen molar-refractivity contribution in [2.24, 2.45) is 58.3 Å². The third kappa shape index (κ3) is 5.35. The molecule has 8 heteroatoms. The molecular weight excluding hydrogens is 590 g/mol. The number of aryl methyl sites for hydroxylation is 1. The normalized spacial score (nSPS) is 37.8. The van der Waals surface area contributed by atoms with Crippen molar-refractivity contribution in [3.05, 3.63) is 29.1 Å². The van der Waals surface area contributed by atoms with E-state index >= 15 is 0 Å². The molecule has 1 N–H and O–H groups in total. The first kappa shape index (κ1) is 34.1. The summed E-state index contributed by atoms with van der Waals surface area (Å²) in [4.78, 5) is 51.8. The highest BCUT2D eigenvalue weighted by molar-refractivity contribution is 6.03.